The van der Waals surface area contributed by atoms with Gasteiger partial charge in [0.2, 0.25) is 0 Å². The lowest BCUT2D eigenvalue weighted by molar-refractivity contribution is 0.00692. The van der Waals surface area contributed by atoms with Crippen molar-refractivity contribution in [3.8, 4) is 11.3 Å². The average Bonchev–Trinajstić information content (AvgIpc) is 3.08. The van der Waals surface area contributed by atoms with Gasteiger partial charge in [-0.25, -0.2) is 14.6 Å². The van der Waals surface area contributed by atoms with Gasteiger partial charge in [0.05, 0.1) is 11.3 Å². The summed E-state index contributed by atoms with van der Waals surface area (Å²) in [7, 11) is 0. The largest absolute Gasteiger partial charge is 0.456 e. The quantitative estimate of drug-likeness (QED) is 0.701. The summed E-state index contributed by atoms with van der Waals surface area (Å²) in [6.07, 6.45) is 3.62. The zero-order chi connectivity index (χ0) is 22.8. The van der Waals surface area contributed by atoms with Crippen LogP contribution in [0.4, 0.5) is 4.79 Å². The molecule has 2 heterocycles. The molecule has 1 aromatic heterocycles. The van der Waals surface area contributed by atoms with E-state index >= 15 is 0 Å². The Morgan fingerprint density at radius 3 is 2.32 bits per heavy atom. The number of hydrogen-bond acceptors (Lipinski definition) is 5. The van der Waals surface area contributed by atoms with Gasteiger partial charge in [-0.05, 0) is 66.5 Å². The molecule has 0 fully saturated rings. The van der Waals surface area contributed by atoms with Crippen molar-refractivity contribution in [2.75, 3.05) is 6.54 Å². The predicted molar refractivity (Wildman–Crippen MR) is 119 cm³/mol. The second-order valence-electron chi connectivity index (χ2n) is 9.98. The number of nitrogens with one attached hydrogen (secondary N) is 1. The van der Waals surface area contributed by atoms with E-state index in [1.807, 2.05) is 59.9 Å². The lowest BCUT2D eigenvalue weighted by Gasteiger charge is -2.25. The van der Waals surface area contributed by atoms with Gasteiger partial charge < -0.3 is 19.4 Å². The second kappa shape index (κ2) is 8.73. The van der Waals surface area contributed by atoms with Crippen LogP contribution < -0.4 is 5.32 Å². The van der Waals surface area contributed by atoms with Crippen molar-refractivity contribution in [2.45, 2.75) is 78.0 Å². The van der Waals surface area contributed by atoms with Gasteiger partial charge in [-0.1, -0.05) is 12.1 Å². The van der Waals surface area contributed by atoms with Gasteiger partial charge in [-0.15, -0.1) is 0 Å². The number of aromatic nitrogens is 2. The molecule has 1 unspecified atom stereocenters. The minimum atomic E-state index is -0.527. The van der Waals surface area contributed by atoms with E-state index in [0.29, 0.717) is 12.1 Å². The zero-order valence-corrected chi connectivity index (χ0v) is 19.3. The van der Waals surface area contributed by atoms with Crippen molar-refractivity contribution < 1.29 is 19.1 Å². The molecule has 1 amide bonds. The highest BCUT2D eigenvalue weighted by atomic mass is 16.6. The monoisotopic (exact) mass is 427 g/mol. The van der Waals surface area contributed by atoms with E-state index < -0.39 is 17.3 Å². The number of aryl methyl sites for hydroxylation is 1. The summed E-state index contributed by atoms with van der Waals surface area (Å²) in [5.74, 6) is 0.765. The standard InChI is InChI=1S/C24H33N3O4/c1-23(2,3)30-21(28)17-11-9-16(10-12-17)19-15-27-13-7-8-18(20(27)26-19)14-25-22(29)31-24(4,5)6/h9-12,15,18H,7-8,13-14H2,1-6H3,(H,25,29). The van der Waals surface area contributed by atoms with Gasteiger partial charge in [-0.2, -0.15) is 0 Å². The highest BCUT2D eigenvalue weighted by Gasteiger charge is 2.25. The molecule has 0 bridgehead atoms. The molecule has 1 aliphatic heterocycles. The number of hydrogen-bond donors (Lipinski definition) is 1. The maximum atomic E-state index is 12.2. The van der Waals surface area contributed by atoms with E-state index in [0.717, 1.165) is 36.5 Å². The third-order valence-corrected chi connectivity index (χ3v) is 4.83. The van der Waals surface area contributed by atoms with E-state index in [1.165, 1.54) is 0 Å². The number of esters is 1. The maximum Gasteiger partial charge on any atom is 0.407 e. The number of imidazole rings is 1. The van der Waals surface area contributed by atoms with E-state index in [-0.39, 0.29) is 11.9 Å². The second-order valence-corrected chi connectivity index (χ2v) is 9.98. The molecular formula is C24H33N3O4. The summed E-state index contributed by atoms with van der Waals surface area (Å²) >= 11 is 0. The summed E-state index contributed by atoms with van der Waals surface area (Å²) in [4.78, 5) is 29.1. The number of benzene rings is 1. The SMILES string of the molecule is CC(C)(C)OC(=O)NCC1CCCn2cc(-c3ccc(C(=O)OC(C)(C)C)cc3)nc21. The van der Waals surface area contributed by atoms with Crippen LogP contribution in [0.1, 0.15) is 76.5 Å². The van der Waals surface area contributed by atoms with E-state index in [1.54, 1.807) is 12.1 Å². The third kappa shape index (κ3) is 6.32. The van der Waals surface area contributed by atoms with Crippen molar-refractivity contribution in [1.29, 1.82) is 0 Å². The van der Waals surface area contributed by atoms with Crippen molar-refractivity contribution in [3.63, 3.8) is 0 Å². The van der Waals surface area contributed by atoms with Gasteiger partial charge in [0.1, 0.15) is 17.0 Å². The van der Waals surface area contributed by atoms with Crippen LogP contribution in [-0.4, -0.2) is 39.4 Å². The van der Waals surface area contributed by atoms with Crippen LogP contribution in [0.15, 0.2) is 30.5 Å². The molecule has 0 saturated carbocycles. The number of ether oxygens (including phenoxy) is 2. The van der Waals surface area contributed by atoms with Crippen molar-refractivity contribution >= 4 is 12.1 Å². The van der Waals surface area contributed by atoms with Crippen LogP contribution in [-0.2, 0) is 16.0 Å². The van der Waals surface area contributed by atoms with Crippen LogP contribution in [0.3, 0.4) is 0 Å². The predicted octanol–water partition coefficient (Wildman–Crippen LogP) is 4.91. The molecule has 1 aromatic carbocycles. The Morgan fingerprint density at radius 2 is 1.71 bits per heavy atom. The van der Waals surface area contributed by atoms with Crippen LogP contribution in [0.5, 0.6) is 0 Å². The van der Waals surface area contributed by atoms with Crippen molar-refractivity contribution in [2.24, 2.45) is 0 Å². The maximum absolute atomic E-state index is 12.2. The Morgan fingerprint density at radius 1 is 1.06 bits per heavy atom. The first kappa shape index (κ1) is 22.8. The lowest BCUT2D eigenvalue weighted by Crippen LogP contribution is -2.36. The first-order valence-electron chi connectivity index (χ1n) is 10.8. The highest BCUT2D eigenvalue weighted by molar-refractivity contribution is 5.90. The molecule has 31 heavy (non-hydrogen) atoms. The molecule has 168 valence electrons. The fraction of sp³-hybridized carbons (Fsp3) is 0.542. The number of fused-ring (bicyclic) bond motifs is 1. The molecule has 7 heteroatoms. The summed E-state index contributed by atoms with van der Waals surface area (Å²) < 4.78 is 12.9. The molecule has 0 aliphatic carbocycles. The fourth-order valence-electron chi connectivity index (χ4n) is 3.54. The Balaban J connectivity index is 1.70. The fourth-order valence-corrected chi connectivity index (χ4v) is 3.54. The Bertz CT molecular complexity index is 933. The number of amides is 1. The summed E-state index contributed by atoms with van der Waals surface area (Å²) in [6.45, 7) is 12.5. The Kier molecular flexibility index (Phi) is 6.43. The van der Waals surface area contributed by atoms with Crippen molar-refractivity contribution in [3.05, 3.63) is 41.9 Å². The summed E-state index contributed by atoms with van der Waals surface area (Å²) in [5.41, 5.74) is 1.26. The first-order valence-corrected chi connectivity index (χ1v) is 10.8. The van der Waals surface area contributed by atoms with E-state index in [2.05, 4.69) is 9.88 Å². The summed E-state index contributed by atoms with van der Waals surface area (Å²) in [5, 5.41) is 2.87. The molecule has 2 aromatic rings. The van der Waals surface area contributed by atoms with E-state index in [4.69, 9.17) is 14.5 Å². The van der Waals surface area contributed by atoms with Crippen LogP contribution >= 0.6 is 0 Å². The van der Waals surface area contributed by atoms with Gasteiger partial charge in [-0.3, -0.25) is 0 Å². The van der Waals surface area contributed by atoms with Gasteiger partial charge in [0, 0.05) is 30.8 Å². The third-order valence-electron chi connectivity index (χ3n) is 4.83. The van der Waals surface area contributed by atoms with E-state index in [9.17, 15) is 9.59 Å². The normalized spacial score (nSPS) is 16.4. The summed E-state index contributed by atoms with van der Waals surface area (Å²) in [6, 6.07) is 7.32. The molecule has 1 atom stereocenters. The van der Waals surface area contributed by atoms with Crippen LogP contribution in [0.25, 0.3) is 11.3 Å². The van der Waals surface area contributed by atoms with Gasteiger partial charge in [0.15, 0.2) is 0 Å². The van der Waals surface area contributed by atoms with Gasteiger partial charge in [0.25, 0.3) is 0 Å². The number of alkyl carbamates (subject to hydrolysis) is 1. The van der Waals surface area contributed by atoms with Crippen LogP contribution in [0, 0.1) is 0 Å². The molecule has 0 spiro atoms. The minimum Gasteiger partial charge on any atom is -0.456 e. The smallest absolute Gasteiger partial charge is 0.407 e. The number of carbonyl (C=O) groups is 2. The molecule has 1 aliphatic rings. The molecule has 3 rings (SSSR count). The minimum absolute atomic E-state index is 0.135. The molecule has 7 nitrogen and oxygen atoms in total. The molecular weight excluding hydrogens is 394 g/mol. The van der Waals surface area contributed by atoms with Crippen LogP contribution in [0.2, 0.25) is 0 Å². The lowest BCUT2D eigenvalue weighted by atomic mass is 9.99. The first-order chi connectivity index (χ1) is 14.4. The Labute approximate surface area is 184 Å². The molecule has 0 radical (unpaired) electrons. The highest BCUT2D eigenvalue weighted by Crippen LogP contribution is 2.30. The number of nitrogens with zero attached hydrogens (tertiary/aromatic N) is 2. The van der Waals surface area contributed by atoms with Crippen molar-refractivity contribution in [1.82, 2.24) is 14.9 Å². The average molecular weight is 428 g/mol. The number of rotatable bonds is 4. The molecule has 1 N–H and O–H groups in total. The topological polar surface area (TPSA) is 82.5 Å². The Hall–Kier alpha value is -2.83. The van der Waals surface area contributed by atoms with Gasteiger partial charge >= 0.3 is 12.1 Å². The number of carbonyl (C=O) groups excluding carboxylic acids is 2. The molecule has 0 saturated heterocycles. The zero-order valence-electron chi connectivity index (χ0n) is 19.3.